The van der Waals surface area contributed by atoms with Crippen LogP contribution in [0.2, 0.25) is 0 Å². The quantitative estimate of drug-likeness (QED) is 0.832. The van der Waals surface area contributed by atoms with Crippen LogP contribution in [0.4, 0.5) is 0 Å². The van der Waals surface area contributed by atoms with Crippen molar-refractivity contribution in [1.29, 1.82) is 0 Å². The van der Waals surface area contributed by atoms with Gasteiger partial charge in [-0.3, -0.25) is 0 Å². The lowest BCUT2D eigenvalue weighted by atomic mass is 9.97. The van der Waals surface area contributed by atoms with Gasteiger partial charge in [-0.1, -0.05) is 19.0 Å². The van der Waals surface area contributed by atoms with Gasteiger partial charge in [0, 0.05) is 18.6 Å². The van der Waals surface area contributed by atoms with Gasteiger partial charge in [-0.05, 0) is 39.2 Å². The van der Waals surface area contributed by atoms with Crippen LogP contribution in [-0.2, 0) is 4.74 Å². The molecule has 0 saturated carbocycles. The maximum atomic E-state index is 5.52. The second-order valence-electron chi connectivity index (χ2n) is 5.66. The third-order valence-corrected chi connectivity index (χ3v) is 4.06. The van der Waals surface area contributed by atoms with E-state index in [0.29, 0.717) is 12.0 Å². The Morgan fingerprint density at radius 3 is 2.90 bits per heavy atom. The highest BCUT2D eigenvalue weighted by atomic mass is 16.5. The van der Waals surface area contributed by atoms with Crippen LogP contribution >= 0.6 is 0 Å². The first-order chi connectivity index (χ1) is 9.76. The van der Waals surface area contributed by atoms with E-state index < -0.39 is 0 Å². The monoisotopic (exact) mass is 281 g/mol. The van der Waals surface area contributed by atoms with Crippen molar-refractivity contribution in [3.63, 3.8) is 0 Å². The summed E-state index contributed by atoms with van der Waals surface area (Å²) in [6.07, 6.45) is 4.32. The van der Waals surface area contributed by atoms with Gasteiger partial charge in [0.25, 0.3) is 0 Å². The lowest BCUT2D eigenvalue weighted by Gasteiger charge is -2.20. The predicted octanol–water partition coefficient (Wildman–Crippen LogP) is 2.85. The molecule has 0 aromatic carbocycles. The summed E-state index contributed by atoms with van der Waals surface area (Å²) < 4.78 is 11.0. The van der Waals surface area contributed by atoms with Crippen molar-refractivity contribution in [1.82, 2.24) is 15.5 Å². The Kier molecular flexibility index (Phi) is 5.98. The number of nitrogens with one attached hydrogen (secondary N) is 1. The molecule has 5 nitrogen and oxygen atoms in total. The van der Waals surface area contributed by atoms with E-state index in [2.05, 4.69) is 36.2 Å². The Morgan fingerprint density at radius 1 is 1.40 bits per heavy atom. The minimum atomic E-state index is 0.285. The number of nitrogens with zero attached hydrogens (tertiary/aromatic N) is 2. The molecule has 1 fully saturated rings. The number of ether oxygens (including phenoxy) is 1. The topological polar surface area (TPSA) is 60.2 Å². The molecule has 1 aliphatic rings. The minimum Gasteiger partial charge on any atom is -0.381 e. The van der Waals surface area contributed by atoms with Gasteiger partial charge in [-0.25, -0.2) is 0 Å². The van der Waals surface area contributed by atoms with E-state index in [1.165, 1.54) is 0 Å². The van der Waals surface area contributed by atoms with Crippen molar-refractivity contribution in [2.45, 2.75) is 64.3 Å². The molecule has 0 bridgehead atoms. The van der Waals surface area contributed by atoms with E-state index in [-0.39, 0.29) is 5.92 Å². The van der Waals surface area contributed by atoms with Gasteiger partial charge in [0.15, 0.2) is 5.82 Å². The van der Waals surface area contributed by atoms with E-state index in [1.807, 2.05) is 0 Å². The summed E-state index contributed by atoms with van der Waals surface area (Å²) in [5, 5.41) is 7.70. The van der Waals surface area contributed by atoms with Gasteiger partial charge >= 0.3 is 0 Å². The lowest BCUT2D eigenvalue weighted by molar-refractivity contribution is 0.0773. The summed E-state index contributed by atoms with van der Waals surface area (Å²) in [4.78, 5) is 4.64. The fourth-order valence-electron chi connectivity index (χ4n) is 2.76. The molecule has 0 aliphatic carbocycles. The van der Waals surface area contributed by atoms with Gasteiger partial charge in [0.1, 0.15) is 0 Å². The first kappa shape index (κ1) is 15.4. The largest absolute Gasteiger partial charge is 0.381 e. The van der Waals surface area contributed by atoms with E-state index in [9.17, 15) is 0 Å². The molecule has 2 rings (SSSR count). The summed E-state index contributed by atoms with van der Waals surface area (Å²) in [5.74, 6) is 2.18. The first-order valence-electron chi connectivity index (χ1n) is 7.90. The Hall–Kier alpha value is -0.940. The zero-order chi connectivity index (χ0) is 14.4. The Bertz CT molecular complexity index is 388. The van der Waals surface area contributed by atoms with Gasteiger partial charge < -0.3 is 14.6 Å². The normalized spacial score (nSPS) is 22.6. The molecule has 2 heterocycles. The van der Waals surface area contributed by atoms with Crippen molar-refractivity contribution in [3.8, 4) is 0 Å². The molecule has 3 atom stereocenters. The predicted molar refractivity (Wildman–Crippen MR) is 77.9 cm³/mol. The highest BCUT2D eigenvalue weighted by Crippen LogP contribution is 2.27. The van der Waals surface area contributed by atoms with Crippen LogP contribution in [0, 0.1) is 0 Å². The highest BCUT2D eigenvalue weighted by molar-refractivity contribution is 5.02. The maximum absolute atomic E-state index is 5.52. The molecule has 5 heteroatoms. The SMILES string of the molecule is CCCNC(C)C(CC)c1nc(C2CCCOC2)no1. The molecule has 1 saturated heterocycles. The average molecular weight is 281 g/mol. The molecule has 0 radical (unpaired) electrons. The van der Waals surface area contributed by atoms with Gasteiger partial charge in [-0.2, -0.15) is 4.98 Å². The van der Waals surface area contributed by atoms with Crippen molar-refractivity contribution >= 4 is 0 Å². The van der Waals surface area contributed by atoms with E-state index in [0.717, 1.165) is 57.2 Å². The van der Waals surface area contributed by atoms with Gasteiger partial charge in [0.2, 0.25) is 5.89 Å². The van der Waals surface area contributed by atoms with E-state index in [1.54, 1.807) is 0 Å². The lowest BCUT2D eigenvalue weighted by Crippen LogP contribution is -2.32. The summed E-state index contributed by atoms with van der Waals surface area (Å²) in [6.45, 7) is 9.14. The summed E-state index contributed by atoms with van der Waals surface area (Å²) >= 11 is 0. The smallest absolute Gasteiger partial charge is 0.231 e. The minimum absolute atomic E-state index is 0.285. The number of aromatic nitrogens is 2. The molecule has 20 heavy (non-hydrogen) atoms. The Labute approximate surface area is 121 Å². The molecule has 3 unspecified atom stereocenters. The van der Waals surface area contributed by atoms with Crippen molar-refractivity contribution in [2.24, 2.45) is 0 Å². The molecular weight excluding hydrogens is 254 g/mol. The number of rotatable bonds is 7. The van der Waals surface area contributed by atoms with Crippen LogP contribution in [0.15, 0.2) is 4.52 Å². The van der Waals surface area contributed by atoms with Gasteiger partial charge in [0.05, 0.1) is 12.5 Å². The van der Waals surface area contributed by atoms with Crippen LogP contribution < -0.4 is 5.32 Å². The van der Waals surface area contributed by atoms with Crippen LogP contribution in [-0.4, -0.2) is 35.9 Å². The summed E-state index contributed by atoms with van der Waals surface area (Å²) in [6, 6.07) is 0.357. The van der Waals surface area contributed by atoms with Gasteiger partial charge in [-0.15, -0.1) is 0 Å². The van der Waals surface area contributed by atoms with Crippen molar-refractivity contribution < 1.29 is 9.26 Å². The second kappa shape index (κ2) is 7.74. The zero-order valence-corrected chi connectivity index (χ0v) is 12.9. The third-order valence-electron chi connectivity index (χ3n) is 4.06. The van der Waals surface area contributed by atoms with Crippen LogP contribution in [0.5, 0.6) is 0 Å². The molecule has 114 valence electrons. The second-order valence-corrected chi connectivity index (χ2v) is 5.66. The third kappa shape index (κ3) is 3.79. The molecule has 1 N–H and O–H groups in total. The molecule has 0 amide bonds. The number of hydrogen-bond donors (Lipinski definition) is 1. The fourth-order valence-corrected chi connectivity index (χ4v) is 2.76. The van der Waals surface area contributed by atoms with E-state index >= 15 is 0 Å². The molecule has 1 aliphatic heterocycles. The standard InChI is InChI=1S/C15H27N3O2/c1-4-8-16-11(3)13(5-2)15-17-14(18-20-15)12-7-6-9-19-10-12/h11-13,16H,4-10H2,1-3H3. The Balaban J connectivity index is 2.01. The molecule has 1 aromatic heterocycles. The average Bonchev–Trinajstić information content (AvgIpc) is 2.96. The summed E-state index contributed by atoms with van der Waals surface area (Å²) in [7, 11) is 0. The maximum Gasteiger partial charge on any atom is 0.231 e. The van der Waals surface area contributed by atoms with Crippen molar-refractivity contribution in [2.75, 3.05) is 19.8 Å². The van der Waals surface area contributed by atoms with Crippen LogP contribution in [0.1, 0.15) is 70.0 Å². The zero-order valence-electron chi connectivity index (χ0n) is 12.9. The first-order valence-corrected chi connectivity index (χ1v) is 7.90. The number of hydrogen-bond acceptors (Lipinski definition) is 5. The molecule has 0 spiro atoms. The summed E-state index contributed by atoms with van der Waals surface area (Å²) in [5.41, 5.74) is 0. The molecular formula is C15H27N3O2. The van der Waals surface area contributed by atoms with Crippen molar-refractivity contribution in [3.05, 3.63) is 11.7 Å². The Morgan fingerprint density at radius 2 is 2.25 bits per heavy atom. The fraction of sp³-hybridized carbons (Fsp3) is 0.867. The van der Waals surface area contributed by atoms with Crippen LogP contribution in [0.3, 0.4) is 0 Å². The van der Waals surface area contributed by atoms with Crippen LogP contribution in [0.25, 0.3) is 0 Å². The molecule has 1 aromatic rings. The van der Waals surface area contributed by atoms with E-state index in [4.69, 9.17) is 9.26 Å². The highest BCUT2D eigenvalue weighted by Gasteiger charge is 2.26.